The van der Waals surface area contributed by atoms with Crippen LogP contribution in [0.25, 0.3) is 0 Å². The number of allylic oxidation sites excluding steroid dienone is 1. The molecule has 3 N–H and O–H groups in total. The van der Waals surface area contributed by atoms with Gasteiger partial charge in [-0.15, -0.1) is 0 Å². The number of rotatable bonds is 32. The molecule has 0 saturated heterocycles. The molecule has 0 heterocycles. The molecule has 40 heavy (non-hydrogen) atoms. The fourth-order valence-corrected chi connectivity index (χ4v) is 5.47. The summed E-state index contributed by atoms with van der Waals surface area (Å²) in [5, 5.41) is 22.9. The Morgan fingerprint density at radius 2 is 0.925 bits per heavy atom. The monoisotopic (exact) mass is 566 g/mol. The zero-order valence-corrected chi connectivity index (χ0v) is 27.1. The number of carbonyl (C=O) groups is 1. The number of carbonyl (C=O) groups excluding carboxylic acids is 1. The molecule has 2 atom stereocenters. The quantitative estimate of drug-likeness (QED) is 0.0561. The van der Waals surface area contributed by atoms with E-state index < -0.39 is 12.1 Å². The Morgan fingerprint density at radius 1 is 0.575 bits per heavy atom. The van der Waals surface area contributed by atoms with E-state index in [1.807, 2.05) is 6.08 Å². The van der Waals surface area contributed by atoms with Crippen molar-refractivity contribution in [2.45, 2.75) is 206 Å². The lowest BCUT2D eigenvalue weighted by molar-refractivity contribution is -0.123. The first kappa shape index (κ1) is 39.1. The molecule has 0 spiro atoms. The minimum Gasteiger partial charge on any atom is -0.394 e. The van der Waals surface area contributed by atoms with E-state index in [1.165, 1.54) is 148 Å². The van der Waals surface area contributed by atoms with Gasteiger partial charge >= 0.3 is 0 Å². The molecular formula is C36H71NO3. The molecule has 238 valence electrons. The first-order valence-corrected chi connectivity index (χ1v) is 17.9. The summed E-state index contributed by atoms with van der Waals surface area (Å²) >= 11 is 0. The molecule has 0 unspecified atom stereocenters. The third-order valence-corrected chi connectivity index (χ3v) is 8.27. The maximum absolute atomic E-state index is 12.3. The minimum absolute atomic E-state index is 0.0635. The molecular weight excluding hydrogens is 494 g/mol. The second-order valence-electron chi connectivity index (χ2n) is 12.3. The van der Waals surface area contributed by atoms with Crippen molar-refractivity contribution in [3.8, 4) is 0 Å². The third-order valence-electron chi connectivity index (χ3n) is 8.27. The van der Waals surface area contributed by atoms with Gasteiger partial charge in [0, 0.05) is 6.42 Å². The number of hydrogen-bond acceptors (Lipinski definition) is 3. The standard InChI is InChI=1S/C36H71NO3/c1-3-5-7-9-11-13-15-17-19-21-23-25-27-29-31-35(39)34(33-38)37-36(40)32-30-28-26-24-22-20-18-16-14-12-10-8-6-4-2/h29,31,34-35,38-39H,3-28,30,32-33H2,1-2H3,(H,37,40)/b31-29+/t34-,35+/m0/s1. The van der Waals surface area contributed by atoms with E-state index in [2.05, 4.69) is 19.2 Å². The molecule has 0 aliphatic heterocycles. The first-order chi connectivity index (χ1) is 19.7. The van der Waals surface area contributed by atoms with Crippen LogP contribution in [0.5, 0.6) is 0 Å². The van der Waals surface area contributed by atoms with Crippen molar-refractivity contribution in [2.24, 2.45) is 0 Å². The molecule has 4 heteroatoms. The fourth-order valence-electron chi connectivity index (χ4n) is 5.47. The Bertz CT molecular complexity index is 536. The summed E-state index contributed by atoms with van der Waals surface area (Å²) in [6, 6.07) is -0.614. The molecule has 0 radical (unpaired) electrons. The van der Waals surface area contributed by atoms with Gasteiger partial charge in [-0.3, -0.25) is 4.79 Å². The number of hydrogen-bond donors (Lipinski definition) is 3. The topological polar surface area (TPSA) is 69.6 Å². The molecule has 0 aliphatic rings. The largest absolute Gasteiger partial charge is 0.394 e. The Balaban J connectivity index is 3.61. The molecule has 4 nitrogen and oxygen atoms in total. The zero-order chi connectivity index (χ0) is 29.4. The van der Waals surface area contributed by atoms with E-state index in [9.17, 15) is 15.0 Å². The van der Waals surface area contributed by atoms with Crippen molar-refractivity contribution in [1.29, 1.82) is 0 Å². The Labute approximate surface area is 250 Å². The highest BCUT2D eigenvalue weighted by Crippen LogP contribution is 2.14. The van der Waals surface area contributed by atoms with Crippen LogP contribution in [0.15, 0.2) is 12.2 Å². The first-order valence-electron chi connectivity index (χ1n) is 17.9. The highest BCUT2D eigenvalue weighted by molar-refractivity contribution is 5.76. The van der Waals surface area contributed by atoms with E-state index in [1.54, 1.807) is 6.08 Å². The summed E-state index contributed by atoms with van der Waals surface area (Å²) in [5.74, 6) is -0.0635. The van der Waals surface area contributed by atoms with Gasteiger partial charge in [0.1, 0.15) is 0 Å². The Hall–Kier alpha value is -0.870. The normalized spacial score (nSPS) is 13.2. The van der Waals surface area contributed by atoms with Gasteiger partial charge in [-0.2, -0.15) is 0 Å². The highest BCUT2D eigenvalue weighted by Gasteiger charge is 2.17. The lowest BCUT2D eigenvalue weighted by atomic mass is 10.0. The van der Waals surface area contributed by atoms with Crippen molar-refractivity contribution < 1.29 is 15.0 Å². The van der Waals surface area contributed by atoms with E-state index in [-0.39, 0.29) is 12.5 Å². The number of nitrogens with one attached hydrogen (secondary N) is 1. The van der Waals surface area contributed by atoms with Crippen molar-refractivity contribution in [1.82, 2.24) is 5.32 Å². The van der Waals surface area contributed by atoms with E-state index in [0.29, 0.717) is 6.42 Å². The molecule has 0 aromatic rings. The lowest BCUT2D eigenvalue weighted by Gasteiger charge is -2.20. The van der Waals surface area contributed by atoms with Crippen molar-refractivity contribution in [2.75, 3.05) is 6.61 Å². The molecule has 0 aromatic heterocycles. The van der Waals surface area contributed by atoms with Crippen LogP contribution in [-0.2, 0) is 4.79 Å². The van der Waals surface area contributed by atoms with Crippen molar-refractivity contribution in [3.05, 3.63) is 12.2 Å². The second kappa shape index (κ2) is 32.6. The molecule has 0 aromatic carbocycles. The van der Waals surface area contributed by atoms with E-state index in [0.717, 1.165) is 25.7 Å². The summed E-state index contributed by atoms with van der Waals surface area (Å²) in [6.45, 7) is 4.30. The predicted molar refractivity (Wildman–Crippen MR) is 175 cm³/mol. The van der Waals surface area contributed by atoms with E-state index >= 15 is 0 Å². The van der Waals surface area contributed by atoms with Crippen molar-refractivity contribution >= 4 is 5.91 Å². The number of amides is 1. The fraction of sp³-hybridized carbons (Fsp3) is 0.917. The van der Waals surface area contributed by atoms with Crippen LogP contribution in [0, 0.1) is 0 Å². The number of aliphatic hydroxyl groups is 2. The van der Waals surface area contributed by atoms with Crippen LogP contribution in [0.4, 0.5) is 0 Å². The number of unbranched alkanes of at least 4 members (excludes halogenated alkanes) is 25. The van der Waals surface area contributed by atoms with Crippen LogP contribution in [0.1, 0.15) is 194 Å². The van der Waals surface area contributed by atoms with Gasteiger partial charge in [-0.25, -0.2) is 0 Å². The minimum atomic E-state index is -0.831. The third kappa shape index (κ3) is 28.7. The van der Waals surface area contributed by atoms with Gasteiger partial charge in [-0.05, 0) is 19.3 Å². The molecule has 0 saturated carbocycles. The average molecular weight is 566 g/mol. The summed E-state index contributed by atoms with van der Waals surface area (Å²) in [5.41, 5.74) is 0. The van der Waals surface area contributed by atoms with Crippen LogP contribution in [-0.4, -0.2) is 34.9 Å². The summed E-state index contributed by atoms with van der Waals surface area (Å²) in [7, 11) is 0. The van der Waals surface area contributed by atoms with Crippen molar-refractivity contribution in [3.63, 3.8) is 0 Å². The number of aliphatic hydroxyl groups excluding tert-OH is 2. The van der Waals surface area contributed by atoms with Crippen LogP contribution in [0.3, 0.4) is 0 Å². The second-order valence-corrected chi connectivity index (χ2v) is 12.3. The molecule has 1 amide bonds. The average Bonchev–Trinajstić information content (AvgIpc) is 2.96. The molecule has 0 aliphatic carbocycles. The summed E-state index contributed by atoms with van der Waals surface area (Å²) < 4.78 is 0. The van der Waals surface area contributed by atoms with Gasteiger partial charge in [0.15, 0.2) is 0 Å². The Morgan fingerprint density at radius 3 is 1.30 bits per heavy atom. The SMILES string of the molecule is CCCCCCCCCCCCCC/C=C/[C@@H](O)[C@H](CO)NC(=O)CCCCCCCCCCCCCCCC. The summed E-state index contributed by atoms with van der Waals surface area (Å²) in [6.07, 6.45) is 38.6. The smallest absolute Gasteiger partial charge is 0.220 e. The van der Waals surface area contributed by atoms with Crippen LogP contribution >= 0.6 is 0 Å². The van der Waals surface area contributed by atoms with Gasteiger partial charge < -0.3 is 15.5 Å². The molecule has 0 bridgehead atoms. The van der Waals surface area contributed by atoms with Gasteiger partial charge in [0.25, 0.3) is 0 Å². The van der Waals surface area contributed by atoms with E-state index in [4.69, 9.17) is 0 Å². The van der Waals surface area contributed by atoms with Gasteiger partial charge in [-0.1, -0.05) is 180 Å². The lowest BCUT2D eigenvalue weighted by Crippen LogP contribution is -2.45. The van der Waals surface area contributed by atoms with Crippen LogP contribution in [0.2, 0.25) is 0 Å². The highest BCUT2D eigenvalue weighted by atomic mass is 16.3. The zero-order valence-electron chi connectivity index (χ0n) is 27.1. The van der Waals surface area contributed by atoms with Gasteiger partial charge in [0.2, 0.25) is 5.91 Å². The molecule has 0 fully saturated rings. The van der Waals surface area contributed by atoms with Gasteiger partial charge in [0.05, 0.1) is 18.8 Å². The summed E-state index contributed by atoms with van der Waals surface area (Å²) in [4.78, 5) is 12.3. The maximum Gasteiger partial charge on any atom is 0.220 e. The van der Waals surface area contributed by atoms with Crippen LogP contribution < -0.4 is 5.32 Å². The maximum atomic E-state index is 12.3. The predicted octanol–water partition coefficient (Wildman–Crippen LogP) is 10.3. The Kier molecular flexibility index (Phi) is 31.9. The molecule has 0 rings (SSSR count).